The Labute approximate surface area is 166 Å². The molecular formula is C19H17Cl2NO5. The highest BCUT2D eigenvalue weighted by Gasteiger charge is 2.39. The molecule has 0 fully saturated rings. The zero-order valence-corrected chi connectivity index (χ0v) is 16.2. The number of amides is 1. The van der Waals surface area contributed by atoms with Gasteiger partial charge in [-0.1, -0.05) is 29.3 Å². The van der Waals surface area contributed by atoms with Gasteiger partial charge in [0.15, 0.2) is 11.5 Å². The summed E-state index contributed by atoms with van der Waals surface area (Å²) in [5, 5.41) is 10.0. The maximum atomic E-state index is 13.0. The number of rotatable bonds is 6. The first-order valence-corrected chi connectivity index (χ1v) is 8.84. The highest BCUT2D eigenvalue weighted by molar-refractivity contribution is 6.42. The summed E-state index contributed by atoms with van der Waals surface area (Å²) in [5.74, 6) is -1.06. The standard InChI is InChI=1S/C19H17Cl2NO5/c1-26-16-7-11-12(5-10-3-4-13(20)14(21)6-10)19(25)22(9-18(23)24)15(11)8-17(16)27-2/h3-4,6-8,12H,5,9H2,1-2H3,(H,23,24). The maximum absolute atomic E-state index is 13.0. The number of methoxy groups -OCH3 is 2. The van der Waals surface area contributed by atoms with Gasteiger partial charge in [0.05, 0.1) is 35.9 Å². The van der Waals surface area contributed by atoms with Gasteiger partial charge in [-0.3, -0.25) is 9.59 Å². The number of carboxylic acids is 1. The molecule has 1 heterocycles. The number of carboxylic acid groups (broad SMARTS) is 1. The Kier molecular flexibility index (Phi) is 5.48. The van der Waals surface area contributed by atoms with E-state index in [9.17, 15) is 14.7 Å². The summed E-state index contributed by atoms with van der Waals surface area (Å²) in [6.45, 7) is -0.431. The molecule has 1 atom stereocenters. The summed E-state index contributed by atoms with van der Waals surface area (Å²) < 4.78 is 10.6. The van der Waals surface area contributed by atoms with Crippen molar-refractivity contribution >= 4 is 40.8 Å². The van der Waals surface area contributed by atoms with Crippen LogP contribution in [0.2, 0.25) is 10.0 Å². The lowest BCUT2D eigenvalue weighted by molar-refractivity contribution is -0.136. The fraction of sp³-hybridized carbons (Fsp3) is 0.263. The topological polar surface area (TPSA) is 76.1 Å². The van der Waals surface area contributed by atoms with E-state index in [0.29, 0.717) is 39.2 Å². The van der Waals surface area contributed by atoms with Crippen molar-refractivity contribution in [3.05, 3.63) is 51.5 Å². The normalized spacial score (nSPS) is 15.6. The van der Waals surface area contributed by atoms with Gasteiger partial charge in [0, 0.05) is 6.07 Å². The van der Waals surface area contributed by atoms with Gasteiger partial charge >= 0.3 is 5.97 Å². The number of anilines is 1. The van der Waals surface area contributed by atoms with E-state index in [4.69, 9.17) is 32.7 Å². The molecule has 1 aliphatic heterocycles. The number of aliphatic carboxylic acids is 1. The van der Waals surface area contributed by atoms with Gasteiger partial charge in [0.2, 0.25) is 5.91 Å². The minimum absolute atomic E-state index is 0.297. The predicted molar refractivity (Wildman–Crippen MR) is 102 cm³/mol. The molecule has 1 amide bonds. The molecule has 2 aromatic carbocycles. The molecule has 6 nitrogen and oxygen atoms in total. The molecule has 0 spiro atoms. The first-order chi connectivity index (χ1) is 12.8. The number of carbonyl (C=O) groups excluding carboxylic acids is 1. The summed E-state index contributed by atoms with van der Waals surface area (Å²) >= 11 is 12.0. The highest BCUT2D eigenvalue weighted by Crippen LogP contribution is 2.45. The second-order valence-electron chi connectivity index (χ2n) is 6.09. The quantitative estimate of drug-likeness (QED) is 0.785. The van der Waals surface area contributed by atoms with Gasteiger partial charge in [-0.25, -0.2) is 0 Å². The van der Waals surface area contributed by atoms with Crippen molar-refractivity contribution < 1.29 is 24.2 Å². The van der Waals surface area contributed by atoms with E-state index in [1.165, 1.54) is 19.1 Å². The lowest BCUT2D eigenvalue weighted by atomic mass is 9.93. The molecule has 0 radical (unpaired) electrons. The Hall–Kier alpha value is -2.44. The molecule has 3 rings (SSSR count). The molecule has 0 saturated carbocycles. The summed E-state index contributed by atoms with van der Waals surface area (Å²) in [5.41, 5.74) is 2.01. The number of fused-ring (bicyclic) bond motifs is 1. The minimum atomic E-state index is -1.10. The van der Waals surface area contributed by atoms with Gasteiger partial charge in [0.25, 0.3) is 0 Å². The molecule has 0 saturated heterocycles. The van der Waals surface area contributed by atoms with E-state index in [0.717, 1.165) is 5.56 Å². The lowest BCUT2D eigenvalue weighted by Crippen LogP contribution is -2.34. The number of hydrogen-bond donors (Lipinski definition) is 1. The van der Waals surface area contributed by atoms with Gasteiger partial charge in [0.1, 0.15) is 6.54 Å². The molecule has 1 aliphatic rings. The molecule has 8 heteroatoms. The predicted octanol–water partition coefficient (Wildman–Crippen LogP) is 3.77. The smallest absolute Gasteiger partial charge is 0.323 e. The van der Waals surface area contributed by atoms with Crippen LogP contribution in [0.4, 0.5) is 5.69 Å². The van der Waals surface area contributed by atoms with Crippen LogP contribution in [0.15, 0.2) is 30.3 Å². The van der Waals surface area contributed by atoms with Crippen LogP contribution < -0.4 is 14.4 Å². The van der Waals surface area contributed by atoms with Crippen LogP contribution in [0.5, 0.6) is 11.5 Å². The number of hydrogen-bond acceptors (Lipinski definition) is 4. The fourth-order valence-electron chi connectivity index (χ4n) is 3.23. The first kappa shape index (κ1) is 19.3. The van der Waals surface area contributed by atoms with Crippen molar-refractivity contribution in [3.8, 4) is 11.5 Å². The third kappa shape index (κ3) is 3.68. The van der Waals surface area contributed by atoms with Crippen LogP contribution >= 0.6 is 23.2 Å². The molecular weight excluding hydrogens is 393 g/mol. The molecule has 27 heavy (non-hydrogen) atoms. The summed E-state index contributed by atoms with van der Waals surface area (Å²) in [6, 6.07) is 8.52. The van der Waals surface area contributed by atoms with Crippen molar-refractivity contribution in [1.29, 1.82) is 0 Å². The van der Waals surface area contributed by atoms with Crippen molar-refractivity contribution in [2.24, 2.45) is 0 Å². The Balaban J connectivity index is 2.06. The van der Waals surface area contributed by atoms with Gasteiger partial charge in [-0.2, -0.15) is 0 Å². The number of benzene rings is 2. The van der Waals surface area contributed by atoms with Crippen LogP contribution in [0.25, 0.3) is 0 Å². The Morgan fingerprint density at radius 1 is 1.11 bits per heavy atom. The number of halogens is 2. The molecule has 0 bridgehead atoms. The van der Waals surface area contributed by atoms with Crippen LogP contribution in [-0.2, 0) is 16.0 Å². The molecule has 2 aromatic rings. The van der Waals surface area contributed by atoms with Crippen LogP contribution in [-0.4, -0.2) is 37.7 Å². The van der Waals surface area contributed by atoms with Crippen molar-refractivity contribution in [3.63, 3.8) is 0 Å². The largest absolute Gasteiger partial charge is 0.493 e. The molecule has 142 valence electrons. The minimum Gasteiger partial charge on any atom is -0.493 e. The van der Waals surface area contributed by atoms with E-state index in [-0.39, 0.29) is 5.91 Å². The average molecular weight is 410 g/mol. The van der Waals surface area contributed by atoms with Crippen LogP contribution in [0.3, 0.4) is 0 Å². The van der Waals surface area contributed by atoms with E-state index in [2.05, 4.69) is 0 Å². The number of ether oxygens (including phenoxy) is 2. The van der Waals surface area contributed by atoms with E-state index >= 15 is 0 Å². The molecule has 0 aromatic heterocycles. The van der Waals surface area contributed by atoms with Crippen molar-refractivity contribution in [1.82, 2.24) is 0 Å². The molecule has 1 unspecified atom stereocenters. The first-order valence-electron chi connectivity index (χ1n) is 8.08. The molecule has 0 aliphatic carbocycles. The Bertz CT molecular complexity index is 915. The average Bonchev–Trinajstić information content (AvgIpc) is 2.88. The van der Waals surface area contributed by atoms with E-state index in [1.807, 2.05) is 0 Å². The Morgan fingerprint density at radius 3 is 2.37 bits per heavy atom. The monoisotopic (exact) mass is 409 g/mol. The number of carbonyl (C=O) groups is 2. The second kappa shape index (κ2) is 7.66. The van der Waals surface area contributed by atoms with Gasteiger partial charge < -0.3 is 19.5 Å². The SMILES string of the molecule is COc1cc2c(cc1OC)N(CC(=O)O)C(=O)C2Cc1ccc(Cl)c(Cl)c1. The third-order valence-electron chi connectivity index (χ3n) is 4.48. The zero-order valence-electron chi connectivity index (χ0n) is 14.7. The van der Waals surface area contributed by atoms with Gasteiger partial charge in [-0.15, -0.1) is 0 Å². The van der Waals surface area contributed by atoms with Crippen LogP contribution in [0.1, 0.15) is 17.0 Å². The Morgan fingerprint density at radius 2 is 1.78 bits per heavy atom. The van der Waals surface area contributed by atoms with Gasteiger partial charge in [-0.05, 0) is 35.7 Å². The molecule has 1 N–H and O–H groups in total. The lowest BCUT2D eigenvalue weighted by Gasteiger charge is -2.16. The summed E-state index contributed by atoms with van der Waals surface area (Å²) in [6.07, 6.45) is 0.355. The van der Waals surface area contributed by atoms with E-state index in [1.54, 1.807) is 30.3 Å². The highest BCUT2D eigenvalue weighted by atomic mass is 35.5. The third-order valence-corrected chi connectivity index (χ3v) is 5.22. The zero-order chi connectivity index (χ0) is 19.7. The second-order valence-corrected chi connectivity index (χ2v) is 6.90. The summed E-state index contributed by atoms with van der Waals surface area (Å²) in [7, 11) is 2.99. The van der Waals surface area contributed by atoms with Crippen LogP contribution in [0, 0.1) is 0 Å². The van der Waals surface area contributed by atoms with E-state index < -0.39 is 18.4 Å². The maximum Gasteiger partial charge on any atom is 0.323 e. The van der Waals surface area contributed by atoms with Crippen molar-refractivity contribution in [2.45, 2.75) is 12.3 Å². The number of nitrogens with zero attached hydrogens (tertiary/aromatic N) is 1. The fourth-order valence-corrected chi connectivity index (χ4v) is 3.56. The van der Waals surface area contributed by atoms with Crippen molar-refractivity contribution in [2.75, 3.05) is 25.7 Å². The summed E-state index contributed by atoms with van der Waals surface area (Å²) in [4.78, 5) is 25.5.